The number of hydrogen-bond donors (Lipinski definition) is 3. The van der Waals surface area contributed by atoms with Gasteiger partial charge in [-0.1, -0.05) is 37.0 Å². The lowest BCUT2D eigenvalue weighted by molar-refractivity contribution is 0.0381. The Balaban J connectivity index is 1.69. The molecule has 20 heavy (non-hydrogen) atoms. The molecule has 5 heteroatoms. The Morgan fingerprint density at radius 2 is 2.00 bits per heavy atom. The number of nitrogens with two attached hydrogens (primary N) is 1. The van der Waals surface area contributed by atoms with E-state index in [-0.39, 0.29) is 0 Å². The van der Waals surface area contributed by atoms with E-state index in [0.29, 0.717) is 6.54 Å². The summed E-state index contributed by atoms with van der Waals surface area (Å²) >= 11 is 1.59. The van der Waals surface area contributed by atoms with Crippen molar-refractivity contribution in [2.45, 2.75) is 44.1 Å². The largest absolute Gasteiger partial charge is 0.399 e. The van der Waals surface area contributed by atoms with Crippen molar-refractivity contribution in [1.82, 2.24) is 4.98 Å². The zero-order valence-corrected chi connectivity index (χ0v) is 12.4. The summed E-state index contributed by atoms with van der Waals surface area (Å²) in [5.74, 6) is 0. The molecule has 0 atom stereocenters. The van der Waals surface area contributed by atoms with E-state index < -0.39 is 5.60 Å². The average Bonchev–Trinajstić information content (AvgIpc) is 2.70. The Kier molecular flexibility index (Phi) is 3.81. The van der Waals surface area contributed by atoms with Crippen molar-refractivity contribution in [2.75, 3.05) is 17.6 Å². The molecule has 1 aliphatic rings. The highest BCUT2D eigenvalue weighted by molar-refractivity contribution is 7.22. The molecule has 4 N–H and O–H groups in total. The molecule has 0 spiro atoms. The van der Waals surface area contributed by atoms with Gasteiger partial charge in [-0.2, -0.15) is 0 Å². The van der Waals surface area contributed by atoms with Crippen LogP contribution in [0.5, 0.6) is 0 Å². The van der Waals surface area contributed by atoms with Gasteiger partial charge in [0, 0.05) is 12.2 Å². The zero-order chi connectivity index (χ0) is 14.0. The lowest BCUT2D eigenvalue weighted by atomic mass is 9.95. The van der Waals surface area contributed by atoms with Crippen molar-refractivity contribution in [3.63, 3.8) is 0 Å². The molecule has 0 unspecified atom stereocenters. The zero-order valence-electron chi connectivity index (χ0n) is 11.6. The summed E-state index contributed by atoms with van der Waals surface area (Å²) in [6.45, 7) is 0.586. The van der Waals surface area contributed by atoms with Gasteiger partial charge < -0.3 is 16.2 Å². The Hall–Kier alpha value is -1.33. The van der Waals surface area contributed by atoms with Gasteiger partial charge in [-0.05, 0) is 31.0 Å². The molecule has 4 nitrogen and oxygen atoms in total. The van der Waals surface area contributed by atoms with Gasteiger partial charge in [-0.15, -0.1) is 0 Å². The predicted octanol–water partition coefficient (Wildman–Crippen LogP) is 3.38. The number of rotatable bonds is 3. The maximum absolute atomic E-state index is 10.6. The number of nitrogen functional groups attached to an aromatic ring is 1. The number of hydrogen-bond acceptors (Lipinski definition) is 5. The van der Waals surface area contributed by atoms with Crippen molar-refractivity contribution in [3.8, 4) is 0 Å². The third-order valence-corrected chi connectivity index (χ3v) is 4.99. The summed E-state index contributed by atoms with van der Waals surface area (Å²) in [5.41, 5.74) is 6.92. The van der Waals surface area contributed by atoms with Gasteiger partial charge in [0.05, 0.1) is 15.8 Å². The van der Waals surface area contributed by atoms with Crippen molar-refractivity contribution >= 4 is 32.4 Å². The van der Waals surface area contributed by atoms with E-state index in [1.54, 1.807) is 11.3 Å². The fourth-order valence-electron chi connectivity index (χ4n) is 2.82. The van der Waals surface area contributed by atoms with Crippen LogP contribution in [0.1, 0.15) is 38.5 Å². The van der Waals surface area contributed by atoms with Crippen LogP contribution in [-0.2, 0) is 0 Å². The summed E-state index contributed by atoms with van der Waals surface area (Å²) < 4.78 is 1.08. The normalized spacial score (nSPS) is 18.9. The molecule has 1 aromatic heterocycles. The Bertz CT molecular complexity index is 588. The van der Waals surface area contributed by atoms with Crippen LogP contribution in [-0.4, -0.2) is 22.2 Å². The van der Waals surface area contributed by atoms with Crippen LogP contribution < -0.4 is 11.1 Å². The molecule has 1 fully saturated rings. The number of nitrogens with zero attached hydrogens (tertiary/aromatic N) is 1. The minimum atomic E-state index is -0.576. The second-order valence-corrected chi connectivity index (χ2v) is 6.77. The summed E-state index contributed by atoms with van der Waals surface area (Å²) in [5, 5.41) is 14.8. The first-order chi connectivity index (χ1) is 9.65. The number of nitrogens with one attached hydrogen (secondary N) is 1. The van der Waals surface area contributed by atoms with Gasteiger partial charge in [0.2, 0.25) is 0 Å². The van der Waals surface area contributed by atoms with Gasteiger partial charge in [0.25, 0.3) is 0 Å². The Morgan fingerprint density at radius 1 is 1.25 bits per heavy atom. The fourth-order valence-corrected chi connectivity index (χ4v) is 3.73. The fraction of sp³-hybridized carbons (Fsp3) is 0.533. The van der Waals surface area contributed by atoms with Crippen molar-refractivity contribution < 1.29 is 5.11 Å². The van der Waals surface area contributed by atoms with Gasteiger partial charge in [-0.3, -0.25) is 0 Å². The minimum absolute atomic E-state index is 0.576. The van der Waals surface area contributed by atoms with Crippen molar-refractivity contribution in [2.24, 2.45) is 0 Å². The van der Waals surface area contributed by atoms with Crippen LogP contribution in [0.4, 0.5) is 10.8 Å². The lowest BCUT2D eigenvalue weighted by Gasteiger charge is -2.26. The molecular formula is C15H21N3OS. The molecule has 1 heterocycles. The third kappa shape index (κ3) is 3.04. The highest BCUT2D eigenvalue weighted by Gasteiger charge is 2.27. The van der Waals surface area contributed by atoms with Crippen LogP contribution >= 0.6 is 11.3 Å². The molecule has 108 valence electrons. The number of anilines is 2. The quantitative estimate of drug-likeness (QED) is 0.599. The second kappa shape index (κ2) is 5.58. The first-order valence-corrected chi connectivity index (χ1v) is 8.09. The summed E-state index contributed by atoms with van der Waals surface area (Å²) in [7, 11) is 0. The summed E-state index contributed by atoms with van der Waals surface area (Å²) in [6, 6.07) is 5.75. The van der Waals surface area contributed by atoms with Crippen molar-refractivity contribution in [1.29, 1.82) is 0 Å². The van der Waals surface area contributed by atoms with E-state index in [1.165, 1.54) is 12.8 Å². The smallest absolute Gasteiger partial charge is 0.183 e. The molecule has 3 rings (SSSR count). The first kappa shape index (κ1) is 13.6. The highest BCUT2D eigenvalue weighted by Crippen LogP contribution is 2.30. The van der Waals surface area contributed by atoms with Gasteiger partial charge in [0.15, 0.2) is 5.13 Å². The number of fused-ring (bicyclic) bond motifs is 1. The SMILES string of the molecule is Nc1ccc2nc(NCC3(O)CCCCCC3)sc2c1. The van der Waals surface area contributed by atoms with Crippen LogP contribution in [0.2, 0.25) is 0 Å². The van der Waals surface area contributed by atoms with E-state index in [4.69, 9.17) is 5.73 Å². The molecule has 0 bridgehead atoms. The first-order valence-electron chi connectivity index (χ1n) is 7.27. The number of aromatic nitrogens is 1. The van der Waals surface area contributed by atoms with E-state index in [2.05, 4.69) is 10.3 Å². The van der Waals surface area contributed by atoms with Crippen LogP contribution in [0.15, 0.2) is 18.2 Å². The molecule has 0 amide bonds. The van der Waals surface area contributed by atoms with E-state index in [0.717, 1.165) is 46.7 Å². The molecule has 0 radical (unpaired) electrons. The molecule has 1 saturated carbocycles. The molecular weight excluding hydrogens is 270 g/mol. The van der Waals surface area contributed by atoms with Crippen LogP contribution in [0.25, 0.3) is 10.2 Å². The average molecular weight is 291 g/mol. The summed E-state index contributed by atoms with van der Waals surface area (Å²) in [4.78, 5) is 4.53. The monoisotopic (exact) mass is 291 g/mol. The molecule has 1 aliphatic carbocycles. The summed E-state index contributed by atoms with van der Waals surface area (Å²) in [6.07, 6.45) is 6.49. The number of benzene rings is 1. The molecule has 0 aliphatic heterocycles. The van der Waals surface area contributed by atoms with E-state index in [9.17, 15) is 5.11 Å². The molecule has 0 saturated heterocycles. The Labute approximate surface area is 123 Å². The number of aliphatic hydroxyl groups is 1. The van der Waals surface area contributed by atoms with Crippen molar-refractivity contribution in [3.05, 3.63) is 18.2 Å². The van der Waals surface area contributed by atoms with E-state index >= 15 is 0 Å². The van der Waals surface area contributed by atoms with Gasteiger partial charge in [0.1, 0.15) is 0 Å². The molecule has 1 aromatic carbocycles. The lowest BCUT2D eigenvalue weighted by Crippen LogP contribution is -2.36. The standard InChI is InChI=1S/C15H21N3OS/c16-11-5-6-12-13(9-11)20-14(18-12)17-10-15(19)7-3-1-2-4-8-15/h5-6,9,19H,1-4,7-8,10,16H2,(H,17,18). The Morgan fingerprint density at radius 3 is 2.75 bits per heavy atom. The van der Waals surface area contributed by atoms with Crippen LogP contribution in [0.3, 0.4) is 0 Å². The van der Waals surface area contributed by atoms with Gasteiger partial charge in [-0.25, -0.2) is 4.98 Å². The molecule has 2 aromatic rings. The maximum Gasteiger partial charge on any atom is 0.183 e. The minimum Gasteiger partial charge on any atom is -0.399 e. The predicted molar refractivity (Wildman–Crippen MR) is 85.2 cm³/mol. The van der Waals surface area contributed by atoms with Crippen LogP contribution in [0, 0.1) is 0 Å². The maximum atomic E-state index is 10.6. The third-order valence-electron chi connectivity index (χ3n) is 4.02. The number of thiazole rings is 1. The van der Waals surface area contributed by atoms with E-state index in [1.807, 2.05) is 18.2 Å². The second-order valence-electron chi connectivity index (χ2n) is 5.74. The highest BCUT2D eigenvalue weighted by atomic mass is 32.1. The topological polar surface area (TPSA) is 71.2 Å². The van der Waals surface area contributed by atoms with Gasteiger partial charge >= 0.3 is 0 Å².